The first-order valence-corrected chi connectivity index (χ1v) is 4.45. The smallest absolute Gasteiger partial charge is 0.200 e. The van der Waals surface area contributed by atoms with Crippen molar-refractivity contribution in [1.29, 1.82) is 0 Å². The topological polar surface area (TPSA) is 44.5 Å². The standard InChI is InChI=1S/C10H13F2NO2/c1-6(5-15-13)7-3-4-8(11)9(12)10(7)14-2/h3-4,6H,5,13H2,1-2H3. The highest BCUT2D eigenvalue weighted by molar-refractivity contribution is 5.38. The Bertz CT molecular complexity index is 344. The van der Waals surface area contributed by atoms with Crippen LogP contribution >= 0.6 is 0 Å². The maximum absolute atomic E-state index is 13.3. The third kappa shape index (κ3) is 2.43. The van der Waals surface area contributed by atoms with E-state index in [0.29, 0.717) is 5.56 Å². The fourth-order valence-electron chi connectivity index (χ4n) is 1.38. The van der Waals surface area contributed by atoms with E-state index in [2.05, 4.69) is 4.84 Å². The summed E-state index contributed by atoms with van der Waals surface area (Å²) >= 11 is 0. The van der Waals surface area contributed by atoms with Gasteiger partial charge >= 0.3 is 0 Å². The fraction of sp³-hybridized carbons (Fsp3) is 0.400. The van der Waals surface area contributed by atoms with E-state index in [-0.39, 0.29) is 18.3 Å². The normalized spacial score (nSPS) is 12.6. The summed E-state index contributed by atoms with van der Waals surface area (Å²) in [7, 11) is 1.29. The van der Waals surface area contributed by atoms with Crippen LogP contribution in [-0.2, 0) is 4.84 Å². The van der Waals surface area contributed by atoms with E-state index < -0.39 is 11.6 Å². The van der Waals surface area contributed by atoms with Crippen LogP contribution in [-0.4, -0.2) is 13.7 Å². The molecule has 84 valence electrons. The predicted octanol–water partition coefficient (Wildman–Crippen LogP) is 1.97. The van der Waals surface area contributed by atoms with Gasteiger partial charge in [0.1, 0.15) is 0 Å². The van der Waals surface area contributed by atoms with Gasteiger partial charge in [0.25, 0.3) is 0 Å². The number of benzene rings is 1. The minimum atomic E-state index is -0.987. The van der Waals surface area contributed by atoms with E-state index in [0.717, 1.165) is 6.07 Å². The van der Waals surface area contributed by atoms with Gasteiger partial charge in [-0.1, -0.05) is 13.0 Å². The van der Waals surface area contributed by atoms with Crippen LogP contribution in [0.3, 0.4) is 0 Å². The Balaban J connectivity index is 3.12. The lowest BCUT2D eigenvalue weighted by Crippen LogP contribution is -2.10. The third-order valence-corrected chi connectivity index (χ3v) is 2.16. The van der Waals surface area contributed by atoms with Crippen molar-refractivity contribution in [3.05, 3.63) is 29.3 Å². The number of ether oxygens (including phenoxy) is 1. The van der Waals surface area contributed by atoms with Crippen molar-refractivity contribution in [2.45, 2.75) is 12.8 Å². The van der Waals surface area contributed by atoms with Crippen LogP contribution in [0.5, 0.6) is 5.75 Å². The maximum atomic E-state index is 13.3. The molecule has 1 atom stereocenters. The van der Waals surface area contributed by atoms with Crippen molar-refractivity contribution in [2.24, 2.45) is 5.90 Å². The lowest BCUT2D eigenvalue weighted by Gasteiger charge is -2.15. The van der Waals surface area contributed by atoms with Gasteiger partial charge in [-0.3, -0.25) is 0 Å². The highest BCUT2D eigenvalue weighted by atomic mass is 19.2. The number of methoxy groups -OCH3 is 1. The number of hydrogen-bond acceptors (Lipinski definition) is 3. The molecule has 15 heavy (non-hydrogen) atoms. The van der Waals surface area contributed by atoms with Crippen molar-refractivity contribution in [3.63, 3.8) is 0 Å². The quantitative estimate of drug-likeness (QED) is 0.784. The van der Waals surface area contributed by atoms with Crippen LogP contribution in [0.2, 0.25) is 0 Å². The Morgan fingerprint density at radius 2 is 2.07 bits per heavy atom. The highest BCUT2D eigenvalue weighted by Crippen LogP contribution is 2.30. The molecule has 1 unspecified atom stereocenters. The van der Waals surface area contributed by atoms with Gasteiger partial charge in [0.2, 0.25) is 5.82 Å². The maximum Gasteiger partial charge on any atom is 0.200 e. The van der Waals surface area contributed by atoms with Gasteiger partial charge < -0.3 is 9.57 Å². The lowest BCUT2D eigenvalue weighted by atomic mass is 10.0. The van der Waals surface area contributed by atoms with Crippen LogP contribution in [0.15, 0.2) is 12.1 Å². The first-order valence-electron chi connectivity index (χ1n) is 4.45. The molecule has 0 aromatic heterocycles. The molecular formula is C10H13F2NO2. The Morgan fingerprint density at radius 3 is 2.60 bits per heavy atom. The molecule has 1 aromatic rings. The summed E-state index contributed by atoms with van der Waals surface area (Å²) in [6.45, 7) is 1.99. The molecule has 0 spiro atoms. The van der Waals surface area contributed by atoms with Gasteiger partial charge in [0, 0.05) is 11.5 Å². The summed E-state index contributed by atoms with van der Waals surface area (Å²) in [5, 5.41) is 0. The summed E-state index contributed by atoms with van der Waals surface area (Å²) in [6, 6.07) is 2.52. The molecule has 0 aliphatic carbocycles. The molecule has 3 nitrogen and oxygen atoms in total. The molecular weight excluding hydrogens is 204 g/mol. The first-order chi connectivity index (χ1) is 7.11. The lowest BCUT2D eigenvalue weighted by molar-refractivity contribution is 0.126. The van der Waals surface area contributed by atoms with E-state index in [4.69, 9.17) is 10.6 Å². The molecule has 0 bridgehead atoms. The molecule has 0 aliphatic rings. The van der Waals surface area contributed by atoms with Crippen molar-refractivity contribution in [3.8, 4) is 5.75 Å². The Hall–Kier alpha value is -1.20. The van der Waals surface area contributed by atoms with Crippen LogP contribution in [0.4, 0.5) is 8.78 Å². The number of nitrogens with two attached hydrogens (primary N) is 1. The minimum absolute atomic E-state index is 0.0976. The predicted molar refractivity (Wildman–Crippen MR) is 51.5 cm³/mol. The van der Waals surface area contributed by atoms with Crippen LogP contribution < -0.4 is 10.6 Å². The average Bonchev–Trinajstić information content (AvgIpc) is 2.22. The summed E-state index contributed by atoms with van der Waals surface area (Å²) < 4.78 is 31.0. The molecule has 1 aromatic carbocycles. The Kier molecular flexibility index (Phi) is 3.99. The number of hydrogen-bond donors (Lipinski definition) is 1. The van der Waals surface area contributed by atoms with Crippen LogP contribution in [0.1, 0.15) is 18.4 Å². The number of rotatable bonds is 4. The summed E-state index contributed by atoms with van der Waals surface area (Å²) in [4.78, 5) is 4.46. The van der Waals surface area contributed by atoms with Gasteiger partial charge in [-0.15, -0.1) is 0 Å². The van der Waals surface area contributed by atoms with E-state index in [1.165, 1.54) is 13.2 Å². The molecule has 0 aliphatic heterocycles. The van der Waals surface area contributed by atoms with Gasteiger partial charge in [0.05, 0.1) is 13.7 Å². The Labute approximate surface area is 86.7 Å². The Morgan fingerprint density at radius 1 is 1.40 bits per heavy atom. The molecule has 0 radical (unpaired) electrons. The van der Waals surface area contributed by atoms with E-state index in [1.54, 1.807) is 6.92 Å². The third-order valence-electron chi connectivity index (χ3n) is 2.16. The summed E-state index contributed by atoms with van der Waals surface area (Å²) in [5.74, 6) is 2.73. The number of halogens is 2. The van der Waals surface area contributed by atoms with E-state index >= 15 is 0 Å². The zero-order chi connectivity index (χ0) is 11.4. The monoisotopic (exact) mass is 217 g/mol. The second-order valence-corrected chi connectivity index (χ2v) is 3.22. The van der Waals surface area contributed by atoms with Crippen molar-refractivity contribution in [1.82, 2.24) is 0 Å². The SMILES string of the molecule is COc1c(C(C)CON)ccc(F)c1F. The van der Waals surface area contributed by atoms with Crippen molar-refractivity contribution in [2.75, 3.05) is 13.7 Å². The largest absolute Gasteiger partial charge is 0.493 e. The highest BCUT2D eigenvalue weighted by Gasteiger charge is 2.18. The molecule has 1 rings (SSSR count). The molecule has 0 heterocycles. The molecule has 0 amide bonds. The van der Waals surface area contributed by atoms with Gasteiger partial charge in [-0.05, 0) is 6.07 Å². The van der Waals surface area contributed by atoms with E-state index in [9.17, 15) is 8.78 Å². The van der Waals surface area contributed by atoms with Crippen LogP contribution in [0, 0.1) is 11.6 Å². The second kappa shape index (κ2) is 5.04. The van der Waals surface area contributed by atoms with Gasteiger partial charge in [-0.25, -0.2) is 10.3 Å². The molecule has 2 N–H and O–H groups in total. The van der Waals surface area contributed by atoms with Gasteiger partial charge in [0.15, 0.2) is 11.6 Å². The minimum Gasteiger partial charge on any atom is -0.493 e. The second-order valence-electron chi connectivity index (χ2n) is 3.22. The van der Waals surface area contributed by atoms with E-state index in [1.807, 2.05) is 0 Å². The van der Waals surface area contributed by atoms with Crippen molar-refractivity contribution >= 4 is 0 Å². The fourth-order valence-corrected chi connectivity index (χ4v) is 1.38. The summed E-state index contributed by atoms with van der Waals surface area (Å²) in [6.07, 6.45) is 0. The molecule has 0 fully saturated rings. The molecule has 0 saturated carbocycles. The van der Waals surface area contributed by atoms with Crippen LogP contribution in [0.25, 0.3) is 0 Å². The molecule has 0 saturated heterocycles. The van der Waals surface area contributed by atoms with Gasteiger partial charge in [-0.2, -0.15) is 4.39 Å². The zero-order valence-electron chi connectivity index (χ0n) is 8.59. The molecule has 5 heteroatoms. The summed E-state index contributed by atoms with van der Waals surface area (Å²) in [5.41, 5.74) is 0.529. The van der Waals surface area contributed by atoms with Crippen molar-refractivity contribution < 1.29 is 18.4 Å². The zero-order valence-corrected chi connectivity index (χ0v) is 8.59. The average molecular weight is 217 g/mol. The first kappa shape index (κ1) is 11.9.